The Morgan fingerprint density at radius 3 is 1.71 bits per heavy atom. The van der Waals surface area contributed by atoms with Gasteiger partial charge in [0.05, 0.1) is 0 Å². The molecule has 0 N–H and O–H groups in total. The lowest BCUT2D eigenvalue weighted by Gasteiger charge is -2.34. The van der Waals surface area contributed by atoms with Crippen LogP contribution in [0.1, 0.15) is 66.5 Å². The van der Waals surface area contributed by atoms with Crippen molar-refractivity contribution in [3.05, 3.63) is 30.1 Å². The van der Waals surface area contributed by atoms with Crippen molar-refractivity contribution in [2.75, 3.05) is 0 Å². The zero-order chi connectivity index (χ0) is 18.2. The number of aryl methyl sites for hydroxylation is 1. The average Bonchev–Trinajstić information content (AvgIpc) is 2.56. The van der Waals surface area contributed by atoms with Crippen LogP contribution in [0.25, 0.3) is 0 Å². The minimum absolute atomic E-state index is 0.120. The molecule has 1 aromatic rings. The molecule has 4 nitrogen and oxygen atoms in total. The summed E-state index contributed by atoms with van der Waals surface area (Å²) in [5, 5.41) is 0. The van der Waals surface area contributed by atoms with E-state index in [0.717, 1.165) is 19.3 Å². The molecule has 0 spiro atoms. The number of hydrogen-bond acceptors (Lipinski definition) is 3. The first kappa shape index (κ1) is 21.3. The molecule has 0 bridgehead atoms. The summed E-state index contributed by atoms with van der Waals surface area (Å²) in [6, 6.07) is 6.20. The summed E-state index contributed by atoms with van der Waals surface area (Å²) in [5.74, 6) is 0. The van der Waals surface area contributed by atoms with Crippen LogP contribution < -0.4 is 4.57 Å². The highest BCUT2D eigenvalue weighted by Crippen LogP contribution is 2.21. The zero-order valence-electron chi connectivity index (χ0n) is 16.5. The Hall–Kier alpha value is -0.753. The van der Waals surface area contributed by atoms with E-state index in [0.29, 0.717) is 6.17 Å². The molecule has 0 aliphatic heterocycles. The normalized spacial score (nSPS) is 18.0. The summed E-state index contributed by atoms with van der Waals surface area (Å²) in [4.78, 5) is 0. The molecule has 138 valence electrons. The lowest BCUT2D eigenvalue weighted by Crippen LogP contribution is -2.61. The monoisotopic (exact) mass is 354 g/mol. The number of hydrogen-bond donors (Lipinski definition) is 0. The Morgan fingerprint density at radius 1 is 0.875 bits per heavy atom. The van der Waals surface area contributed by atoms with E-state index >= 15 is 0 Å². The number of nitrogens with zero attached hydrogens (tertiary/aromatic N) is 1. The molecule has 0 saturated carbocycles. The molecule has 0 amide bonds. The fourth-order valence-electron chi connectivity index (χ4n) is 2.31. The van der Waals surface area contributed by atoms with Crippen LogP contribution >= 0.6 is 0 Å². The summed E-state index contributed by atoms with van der Waals surface area (Å²) in [6.45, 7) is 14.8. The second-order valence-corrected chi connectivity index (χ2v) is 9.05. The van der Waals surface area contributed by atoms with Crippen LogP contribution in [-0.2, 0) is 19.4 Å². The van der Waals surface area contributed by atoms with Crippen molar-refractivity contribution in [2.24, 2.45) is 0 Å². The predicted octanol–water partition coefficient (Wildman–Crippen LogP) is 4.21. The van der Waals surface area contributed by atoms with Crippen molar-refractivity contribution in [3.63, 3.8) is 0 Å². The van der Waals surface area contributed by atoms with E-state index in [4.69, 9.17) is 13.3 Å². The first-order chi connectivity index (χ1) is 11.4. The van der Waals surface area contributed by atoms with Gasteiger partial charge in [0.1, 0.15) is 0 Å². The topological polar surface area (TPSA) is 31.6 Å². The lowest BCUT2D eigenvalue weighted by atomic mass is 10.3. The van der Waals surface area contributed by atoms with E-state index in [-0.39, 0.29) is 18.3 Å². The Bertz CT molecular complexity index is 452. The number of aromatic nitrogens is 1. The molecular weight excluding hydrogens is 318 g/mol. The molecule has 5 heteroatoms. The predicted molar refractivity (Wildman–Crippen MR) is 99.6 cm³/mol. The molecule has 1 heterocycles. The first-order valence-corrected chi connectivity index (χ1v) is 11.3. The number of pyridine rings is 1. The maximum atomic E-state index is 6.46. The average molecular weight is 355 g/mol. The molecule has 0 aromatic carbocycles. The number of rotatable bonds is 11. The Morgan fingerprint density at radius 2 is 1.33 bits per heavy atom. The van der Waals surface area contributed by atoms with Gasteiger partial charge in [-0.05, 0) is 40.0 Å². The molecule has 0 aliphatic carbocycles. The Balaban J connectivity index is 3.18. The maximum absolute atomic E-state index is 6.46. The summed E-state index contributed by atoms with van der Waals surface area (Å²) in [5.41, 5.74) is 1.18. The van der Waals surface area contributed by atoms with Crippen LogP contribution in [0.2, 0.25) is 0 Å². The highest BCUT2D eigenvalue weighted by atomic mass is 28.4. The van der Waals surface area contributed by atoms with Crippen molar-refractivity contribution in [1.82, 2.24) is 0 Å². The second-order valence-electron chi connectivity index (χ2n) is 6.66. The molecule has 0 saturated heterocycles. The van der Waals surface area contributed by atoms with Crippen molar-refractivity contribution in [1.29, 1.82) is 0 Å². The van der Waals surface area contributed by atoms with E-state index < -0.39 is 8.80 Å². The van der Waals surface area contributed by atoms with Gasteiger partial charge in [-0.1, -0.05) is 26.8 Å². The standard InChI is InChI=1S/C19H36NO3Si/c1-8-17(5)21-24(22-18(6)9-2,23-19(7)10-3)15-20-14-12-11-13-16(20)4/h11-14,17-19H,8-10,15H2,1-7H3/q+1. The third kappa shape index (κ3) is 6.63. The van der Waals surface area contributed by atoms with Crippen molar-refractivity contribution in [3.8, 4) is 0 Å². The fourth-order valence-corrected chi connectivity index (χ4v) is 5.81. The van der Waals surface area contributed by atoms with Gasteiger partial charge in [0.2, 0.25) is 6.17 Å². The van der Waals surface area contributed by atoms with Gasteiger partial charge < -0.3 is 13.3 Å². The van der Waals surface area contributed by atoms with Gasteiger partial charge in [0.25, 0.3) is 0 Å². The van der Waals surface area contributed by atoms with Crippen LogP contribution in [0.4, 0.5) is 0 Å². The van der Waals surface area contributed by atoms with Crippen LogP contribution in [0.15, 0.2) is 24.4 Å². The van der Waals surface area contributed by atoms with E-state index in [1.54, 1.807) is 0 Å². The van der Waals surface area contributed by atoms with Crippen molar-refractivity contribution in [2.45, 2.75) is 92.2 Å². The quantitative estimate of drug-likeness (QED) is 0.441. The van der Waals surface area contributed by atoms with Gasteiger partial charge >= 0.3 is 8.80 Å². The molecular formula is C19H36NO3Si+. The summed E-state index contributed by atoms with van der Waals surface area (Å²) in [6.07, 6.45) is 5.93. The first-order valence-electron chi connectivity index (χ1n) is 9.34. The minimum Gasteiger partial charge on any atom is -0.367 e. The third-order valence-corrected chi connectivity index (χ3v) is 7.41. The molecule has 0 radical (unpaired) electrons. The van der Waals surface area contributed by atoms with E-state index in [2.05, 4.69) is 71.4 Å². The third-order valence-electron chi connectivity index (χ3n) is 4.40. The van der Waals surface area contributed by atoms with E-state index in [1.165, 1.54) is 5.69 Å². The Labute approximate surface area is 149 Å². The highest BCUT2D eigenvalue weighted by Gasteiger charge is 2.50. The molecule has 1 rings (SSSR count). The van der Waals surface area contributed by atoms with Gasteiger partial charge in [-0.3, -0.25) is 0 Å². The van der Waals surface area contributed by atoms with Gasteiger partial charge in [-0.2, -0.15) is 4.57 Å². The van der Waals surface area contributed by atoms with Crippen LogP contribution in [-0.4, -0.2) is 27.1 Å². The highest BCUT2D eigenvalue weighted by molar-refractivity contribution is 6.59. The lowest BCUT2D eigenvalue weighted by molar-refractivity contribution is -0.691. The zero-order valence-corrected chi connectivity index (χ0v) is 17.5. The fraction of sp³-hybridized carbons (Fsp3) is 0.737. The second kappa shape index (κ2) is 10.3. The maximum Gasteiger partial charge on any atom is 0.571 e. The Kier molecular flexibility index (Phi) is 9.12. The van der Waals surface area contributed by atoms with Crippen LogP contribution in [0.3, 0.4) is 0 Å². The minimum atomic E-state index is -2.86. The largest absolute Gasteiger partial charge is 0.571 e. The van der Waals surface area contributed by atoms with E-state index in [1.807, 2.05) is 6.07 Å². The summed E-state index contributed by atoms with van der Waals surface area (Å²) in [7, 11) is -2.86. The summed E-state index contributed by atoms with van der Waals surface area (Å²) >= 11 is 0. The van der Waals surface area contributed by atoms with Crippen molar-refractivity contribution < 1.29 is 17.8 Å². The molecule has 24 heavy (non-hydrogen) atoms. The van der Waals surface area contributed by atoms with Gasteiger partial charge in [-0.15, -0.1) is 0 Å². The van der Waals surface area contributed by atoms with Crippen LogP contribution in [0.5, 0.6) is 0 Å². The van der Waals surface area contributed by atoms with Gasteiger partial charge in [-0.25, -0.2) is 0 Å². The van der Waals surface area contributed by atoms with Crippen molar-refractivity contribution >= 4 is 8.80 Å². The molecule has 0 aliphatic rings. The molecule has 3 unspecified atom stereocenters. The molecule has 1 aromatic heterocycles. The molecule has 0 fully saturated rings. The van der Waals surface area contributed by atoms with Gasteiger partial charge in [0, 0.05) is 37.4 Å². The molecule has 3 atom stereocenters. The van der Waals surface area contributed by atoms with E-state index in [9.17, 15) is 0 Å². The van der Waals surface area contributed by atoms with Crippen LogP contribution in [0, 0.1) is 6.92 Å². The summed E-state index contributed by atoms with van der Waals surface area (Å²) < 4.78 is 21.6. The SMILES string of the molecule is CCC(C)O[Si](C[n+]1ccccc1C)(OC(C)CC)OC(C)CC. The van der Waals surface area contributed by atoms with Gasteiger partial charge in [0.15, 0.2) is 11.9 Å². The smallest absolute Gasteiger partial charge is 0.367 e.